The van der Waals surface area contributed by atoms with E-state index >= 15 is 0 Å². The summed E-state index contributed by atoms with van der Waals surface area (Å²) >= 11 is 5.87. The lowest BCUT2D eigenvalue weighted by Crippen LogP contribution is -2.30. The van der Waals surface area contributed by atoms with E-state index in [1.165, 1.54) is 6.92 Å². The van der Waals surface area contributed by atoms with Crippen LogP contribution in [-0.4, -0.2) is 24.6 Å². The van der Waals surface area contributed by atoms with E-state index in [4.69, 9.17) is 21.1 Å². The number of carbonyl (C=O) groups excluding carboxylic acids is 2. The molecule has 0 saturated heterocycles. The molecule has 0 aliphatic carbocycles. The second-order valence-corrected chi connectivity index (χ2v) is 6.44. The van der Waals surface area contributed by atoms with E-state index in [-0.39, 0.29) is 13.0 Å². The van der Waals surface area contributed by atoms with Crippen molar-refractivity contribution in [3.63, 3.8) is 0 Å². The standard InChI is InChI=1S/C20H22ClNO4/c1-13-7-8-14(2)18(11-13)25-10-9-19(23)26-15(3)20(24)22-17-6-4-5-16(21)12-17/h4-8,11-12,15H,9-10H2,1-3H3,(H,22,24)/t15-/m0/s1. The molecule has 0 unspecified atom stereocenters. The first-order valence-corrected chi connectivity index (χ1v) is 8.69. The van der Waals surface area contributed by atoms with Gasteiger partial charge in [-0.1, -0.05) is 29.8 Å². The molecular formula is C20H22ClNO4. The Bertz CT molecular complexity index is 791. The van der Waals surface area contributed by atoms with Gasteiger partial charge < -0.3 is 14.8 Å². The smallest absolute Gasteiger partial charge is 0.310 e. The van der Waals surface area contributed by atoms with Crippen molar-refractivity contribution in [2.45, 2.75) is 33.3 Å². The summed E-state index contributed by atoms with van der Waals surface area (Å²) in [7, 11) is 0. The lowest BCUT2D eigenvalue weighted by molar-refractivity contribution is -0.153. The number of rotatable bonds is 7. The minimum atomic E-state index is -0.915. The van der Waals surface area contributed by atoms with Crippen molar-refractivity contribution in [3.8, 4) is 5.75 Å². The molecule has 0 aliphatic rings. The van der Waals surface area contributed by atoms with Gasteiger partial charge in [0, 0.05) is 10.7 Å². The number of hydrogen-bond acceptors (Lipinski definition) is 4. The molecule has 2 rings (SSSR count). The van der Waals surface area contributed by atoms with Gasteiger partial charge in [-0.2, -0.15) is 0 Å². The topological polar surface area (TPSA) is 64.6 Å². The molecular weight excluding hydrogens is 354 g/mol. The number of esters is 1. The van der Waals surface area contributed by atoms with E-state index in [0.29, 0.717) is 10.7 Å². The third-order valence-corrected chi connectivity index (χ3v) is 3.91. The zero-order chi connectivity index (χ0) is 19.1. The van der Waals surface area contributed by atoms with Crippen molar-refractivity contribution in [1.29, 1.82) is 0 Å². The Kier molecular flexibility index (Phi) is 7.04. The first-order chi connectivity index (χ1) is 12.3. The first kappa shape index (κ1) is 19.8. The molecule has 0 heterocycles. The molecule has 0 aliphatic heterocycles. The predicted molar refractivity (Wildman–Crippen MR) is 102 cm³/mol. The zero-order valence-electron chi connectivity index (χ0n) is 15.0. The van der Waals surface area contributed by atoms with Crippen LogP contribution in [0.2, 0.25) is 5.02 Å². The summed E-state index contributed by atoms with van der Waals surface area (Å²) in [5.41, 5.74) is 2.63. The molecule has 0 fully saturated rings. The van der Waals surface area contributed by atoms with E-state index in [9.17, 15) is 9.59 Å². The molecule has 6 heteroatoms. The summed E-state index contributed by atoms with van der Waals surface area (Å²) in [5.74, 6) is -0.176. The molecule has 1 amide bonds. The van der Waals surface area contributed by atoms with Gasteiger partial charge >= 0.3 is 5.97 Å². The number of nitrogens with one attached hydrogen (secondary N) is 1. The summed E-state index contributed by atoms with van der Waals surface area (Å²) < 4.78 is 10.8. The first-order valence-electron chi connectivity index (χ1n) is 8.31. The van der Waals surface area contributed by atoms with Crippen LogP contribution in [0.5, 0.6) is 5.75 Å². The summed E-state index contributed by atoms with van der Waals surface area (Å²) in [4.78, 5) is 24.0. The van der Waals surface area contributed by atoms with E-state index in [0.717, 1.165) is 16.9 Å². The fourth-order valence-electron chi connectivity index (χ4n) is 2.23. The van der Waals surface area contributed by atoms with E-state index < -0.39 is 18.0 Å². The maximum Gasteiger partial charge on any atom is 0.310 e. The van der Waals surface area contributed by atoms with E-state index in [1.807, 2.05) is 32.0 Å². The van der Waals surface area contributed by atoms with Crippen molar-refractivity contribution in [2.24, 2.45) is 0 Å². The highest BCUT2D eigenvalue weighted by molar-refractivity contribution is 6.30. The maximum atomic E-state index is 12.1. The van der Waals surface area contributed by atoms with E-state index in [2.05, 4.69) is 5.32 Å². The largest absolute Gasteiger partial charge is 0.493 e. The predicted octanol–water partition coefficient (Wildman–Crippen LogP) is 4.30. The minimum Gasteiger partial charge on any atom is -0.493 e. The molecule has 138 valence electrons. The molecule has 1 atom stereocenters. The summed E-state index contributed by atoms with van der Waals surface area (Å²) in [5, 5.41) is 3.16. The van der Waals surface area contributed by atoms with Crippen LogP contribution in [0.1, 0.15) is 24.5 Å². The number of anilines is 1. The number of aryl methyl sites for hydroxylation is 2. The lowest BCUT2D eigenvalue weighted by atomic mass is 10.1. The molecule has 5 nitrogen and oxygen atoms in total. The number of halogens is 1. The Morgan fingerprint density at radius 1 is 1.15 bits per heavy atom. The van der Waals surface area contributed by atoms with Crippen LogP contribution in [0.15, 0.2) is 42.5 Å². The molecule has 2 aromatic rings. The molecule has 0 spiro atoms. The van der Waals surface area contributed by atoms with Crippen molar-refractivity contribution in [2.75, 3.05) is 11.9 Å². The van der Waals surface area contributed by atoms with Gasteiger partial charge in [-0.15, -0.1) is 0 Å². The van der Waals surface area contributed by atoms with Crippen LogP contribution in [0, 0.1) is 13.8 Å². The Hall–Kier alpha value is -2.53. The van der Waals surface area contributed by atoms with Crippen molar-refractivity contribution >= 4 is 29.2 Å². The molecule has 0 bridgehead atoms. The number of amides is 1. The zero-order valence-corrected chi connectivity index (χ0v) is 15.8. The second kappa shape index (κ2) is 9.25. The summed E-state index contributed by atoms with van der Waals surface area (Å²) in [6.45, 7) is 5.62. The lowest BCUT2D eigenvalue weighted by Gasteiger charge is -2.14. The van der Waals surface area contributed by atoms with Crippen LogP contribution in [0.4, 0.5) is 5.69 Å². The molecule has 1 N–H and O–H groups in total. The highest BCUT2D eigenvalue weighted by atomic mass is 35.5. The third-order valence-electron chi connectivity index (χ3n) is 3.68. The monoisotopic (exact) mass is 375 g/mol. The van der Waals surface area contributed by atoms with Crippen molar-refractivity contribution in [1.82, 2.24) is 0 Å². The molecule has 0 aromatic heterocycles. The van der Waals surface area contributed by atoms with Gasteiger partial charge in [0.25, 0.3) is 5.91 Å². The van der Waals surface area contributed by atoms with Gasteiger partial charge in [0.2, 0.25) is 0 Å². The van der Waals surface area contributed by atoms with Crippen molar-refractivity contribution < 1.29 is 19.1 Å². The second-order valence-electron chi connectivity index (χ2n) is 6.00. The van der Waals surface area contributed by atoms with E-state index in [1.54, 1.807) is 24.3 Å². The fraction of sp³-hybridized carbons (Fsp3) is 0.300. The van der Waals surface area contributed by atoms with Crippen LogP contribution in [-0.2, 0) is 14.3 Å². The Morgan fingerprint density at radius 2 is 1.92 bits per heavy atom. The maximum absolute atomic E-state index is 12.1. The van der Waals surface area contributed by atoms with Gasteiger partial charge in [0.05, 0.1) is 13.0 Å². The van der Waals surface area contributed by atoms with Crippen LogP contribution in [0.25, 0.3) is 0 Å². The van der Waals surface area contributed by atoms with Gasteiger partial charge in [-0.05, 0) is 56.2 Å². The van der Waals surface area contributed by atoms with Crippen LogP contribution >= 0.6 is 11.6 Å². The Morgan fingerprint density at radius 3 is 2.65 bits per heavy atom. The number of ether oxygens (including phenoxy) is 2. The summed E-state index contributed by atoms with van der Waals surface area (Å²) in [6.07, 6.45) is -0.857. The minimum absolute atomic E-state index is 0.0577. The van der Waals surface area contributed by atoms with Gasteiger partial charge in [0.1, 0.15) is 5.75 Å². The average molecular weight is 376 g/mol. The van der Waals surface area contributed by atoms with Crippen molar-refractivity contribution in [3.05, 3.63) is 58.6 Å². The van der Waals surface area contributed by atoms with Crippen LogP contribution < -0.4 is 10.1 Å². The molecule has 0 radical (unpaired) electrons. The quantitative estimate of drug-likeness (QED) is 0.733. The fourth-order valence-corrected chi connectivity index (χ4v) is 2.42. The number of carbonyl (C=O) groups is 2. The number of benzene rings is 2. The molecule has 0 saturated carbocycles. The number of hydrogen-bond donors (Lipinski definition) is 1. The average Bonchev–Trinajstić information content (AvgIpc) is 2.58. The third kappa shape index (κ3) is 6.08. The molecule has 2 aromatic carbocycles. The normalized spacial score (nSPS) is 11.5. The Labute approximate surface area is 158 Å². The highest BCUT2D eigenvalue weighted by Gasteiger charge is 2.18. The van der Waals surface area contributed by atoms with Gasteiger partial charge in [-0.3, -0.25) is 9.59 Å². The van der Waals surface area contributed by atoms with Gasteiger partial charge in [0.15, 0.2) is 6.10 Å². The molecule has 26 heavy (non-hydrogen) atoms. The SMILES string of the molecule is Cc1ccc(C)c(OCCC(=O)O[C@@H](C)C(=O)Nc2cccc(Cl)c2)c1. The van der Waals surface area contributed by atoms with Crippen LogP contribution in [0.3, 0.4) is 0 Å². The van der Waals surface area contributed by atoms with Gasteiger partial charge in [-0.25, -0.2) is 0 Å². The summed E-state index contributed by atoms with van der Waals surface area (Å²) in [6, 6.07) is 12.6. The Balaban J connectivity index is 1.77. The highest BCUT2D eigenvalue weighted by Crippen LogP contribution is 2.19.